The maximum Gasteiger partial charge on any atom is 0.294 e. The van der Waals surface area contributed by atoms with Gasteiger partial charge in [0.1, 0.15) is 11.9 Å². The number of aromatic nitrogens is 4. The number of para-hydroxylation sites is 1. The number of aryl methyl sites for hydroxylation is 1. The number of likely N-dealkylation sites (tertiary alicyclic amines) is 1. The predicted octanol–water partition coefficient (Wildman–Crippen LogP) is 3.40. The molecule has 1 atom stereocenters. The summed E-state index contributed by atoms with van der Waals surface area (Å²) in [5, 5.41) is 9.62. The Morgan fingerprint density at radius 2 is 2.07 bits per heavy atom. The molecule has 3 aromatic rings. The highest BCUT2D eigenvalue weighted by molar-refractivity contribution is 7.13. The van der Waals surface area contributed by atoms with Crippen LogP contribution in [0, 0.1) is 6.92 Å². The van der Waals surface area contributed by atoms with Crippen LogP contribution in [0.2, 0.25) is 0 Å². The molecule has 9 heteroatoms. The Morgan fingerprint density at radius 3 is 2.80 bits per heavy atom. The molecular weight excluding hydrogens is 400 g/mol. The summed E-state index contributed by atoms with van der Waals surface area (Å²) in [6, 6.07) is 7.43. The van der Waals surface area contributed by atoms with Crippen molar-refractivity contribution in [2.24, 2.45) is 0 Å². The van der Waals surface area contributed by atoms with Gasteiger partial charge in [-0.25, -0.2) is 14.6 Å². The van der Waals surface area contributed by atoms with Crippen molar-refractivity contribution in [3.8, 4) is 5.69 Å². The number of thiazole rings is 1. The molecule has 1 unspecified atom stereocenters. The lowest BCUT2D eigenvalue weighted by molar-refractivity contribution is -0.119. The highest BCUT2D eigenvalue weighted by Crippen LogP contribution is 2.25. The molecule has 2 amide bonds. The molecule has 0 saturated carbocycles. The number of hydrogen-bond acceptors (Lipinski definition) is 6. The zero-order valence-corrected chi connectivity index (χ0v) is 18.0. The quantitative estimate of drug-likeness (QED) is 0.678. The van der Waals surface area contributed by atoms with Crippen LogP contribution < -0.4 is 5.32 Å². The summed E-state index contributed by atoms with van der Waals surface area (Å²) in [4.78, 5) is 35.9. The van der Waals surface area contributed by atoms with Gasteiger partial charge in [-0.2, -0.15) is 0 Å². The van der Waals surface area contributed by atoms with Crippen molar-refractivity contribution in [2.45, 2.75) is 45.6 Å². The molecule has 0 radical (unpaired) electrons. The van der Waals surface area contributed by atoms with Gasteiger partial charge in [-0.15, -0.1) is 16.4 Å². The SMILES string of the molecule is Cc1nc(C(=O)N2CCCC2C(=O)Nc2nccs2)nn1-c1ccccc1C(C)C. The number of nitrogens with zero attached hydrogens (tertiary/aromatic N) is 5. The van der Waals surface area contributed by atoms with Gasteiger partial charge in [0, 0.05) is 18.1 Å². The molecule has 0 aliphatic carbocycles. The van der Waals surface area contributed by atoms with Crippen molar-refractivity contribution in [2.75, 3.05) is 11.9 Å². The molecule has 1 fully saturated rings. The summed E-state index contributed by atoms with van der Waals surface area (Å²) in [5.41, 5.74) is 2.04. The van der Waals surface area contributed by atoms with E-state index >= 15 is 0 Å². The Morgan fingerprint density at radius 1 is 1.27 bits per heavy atom. The first-order chi connectivity index (χ1) is 14.5. The molecule has 0 bridgehead atoms. The Balaban J connectivity index is 1.58. The largest absolute Gasteiger partial charge is 0.324 e. The van der Waals surface area contributed by atoms with Crippen molar-refractivity contribution in [3.63, 3.8) is 0 Å². The monoisotopic (exact) mass is 424 g/mol. The third kappa shape index (κ3) is 3.85. The van der Waals surface area contributed by atoms with E-state index in [1.807, 2.05) is 25.1 Å². The lowest BCUT2D eigenvalue weighted by Crippen LogP contribution is -2.43. The van der Waals surface area contributed by atoms with Crippen molar-refractivity contribution in [1.29, 1.82) is 0 Å². The molecule has 2 aromatic heterocycles. The molecular formula is C21H24N6O2S. The van der Waals surface area contributed by atoms with Crippen LogP contribution in [0.1, 0.15) is 54.6 Å². The Bertz CT molecular complexity index is 1060. The zero-order valence-electron chi connectivity index (χ0n) is 17.2. The van der Waals surface area contributed by atoms with E-state index in [1.54, 1.807) is 21.2 Å². The molecule has 8 nitrogen and oxygen atoms in total. The molecule has 0 spiro atoms. The molecule has 1 aliphatic rings. The number of carbonyl (C=O) groups excluding carboxylic acids is 2. The average molecular weight is 425 g/mol. The summed E-state index contributed by atoms with van der Waals surface area (Å²) in [7, 11) is 0. The first kappa shape index (κ1) is 20.2. The van der Waals surface area contributed by atoms with Gasteiger partial charge in [-0.3, -0.25) is 9.59 Å². The van der Waals surface area contributed by atoms with Crippen LogP contribution in [0.5, 0.6) is 0 Å². The molecule has 4 rings (SSSR count). The molecule has 156 valence electrons. The minimum absolute atomic E-state index is 0.111. The first-order valence-corrected chi connectivity index (χ1v) is 10.9. The third-order valence-electron chi connectivity index (χ3n) is 5.23. The Hall–Kier alpha value is -3.07. The van der Waals surface area contributed by atoms with Crippen LogP contribution in [0.4, 0.5) is 5.13 Å². The van der Waals surface area contributed by atoms with Gasteiger partial charge in [0.2, 0.25) is 11.7 Å². The molecule has 1 aliphatic heterocycles. The smallest absolute Gasteiger partial charge is 0.294 e. The van der Waals surface area contributed by atoms with Crippen LogP contribution in [0.25, 0.3) is 5.69 Å². The summed E-state index contributed by atoms with van der Waals surface area (Å²) >= 11 is 1.35. The fourth-order valence-electron chi connectivity index (χ4n) is 3.76. The van der Waals surface area contributed by atoms with E-state index in [0.717, 1.165) is 17.7 Å². The van der Waals surface area contributed by atoms with Crippen molar-refractivity contribution in [1.82, 2.24) is 24.6 Å². The van der Waals surface area contributed by atoms with Crippen molar-refractivity contribution < 1.29 is 9.59 Å². The Labute approximate surface area is 179 Å². The highest BCUT2D eigenvalue weighted by Gasteiger charge is 2.36. The number of carbonyl (C=O) groups is 2. The number of anilines is 1. The van der Waals surface area contributed by atoms with Gasteiger partial charge >= 0.3 is 0 Å². The maximum atomic E-state index is 13.2. The van der Waals surface area contributed by atoms with Gasteiger partial charge in [0.25, 0.3) is 5.91 Å². The van der Waals surface area contributed by atoms with E-state index in [1.165, 1.54) is 11.3 Å². The van der Waals surface area contributed by atoms with E-state index in [4.69, 9.17) is 0 Å². The summed E-state index contributed by atoms with van der Waals surface area (Å²) in [5.74, 6) is 0.503. The van der Waals surface area contributed by atoms with Gasteiger partial charge in [0.15, 0.2) is 5.13 Å². The predicted molar refractivity (Wildman–Crippen MR) is 115 cm³/mol. The number of amides is 2. The molecule has 3 heterocycles. The Kier molecular flexibility index (Phi) is 5.63. The molecule has 1 aromatic carbocycles. The van der Waals surface area contributed by atoms with Gasteiger partial charge in [-0.05, 0) is 37.3 Å². The van der Waals surface area contributed by atoms with E-state index in [-0.39, 0.29) is 17.6 Å². The second-order valence-electron chi connectivity index (χ2n) is 7.59. The van der Waals surface area contributed by atoms with Gasteiger partial charge in [0.05, 0.1) is 5.69 Å². The first-order valence-electron chi connectivity index (χ1n) is 10.00. The topological polar surface area (TPSA) is 93.0 Å². The summed E-state index contributed by atoms with van der Waals surface area (Å²) in [6.07, 6.45) is 3.00. The number of hydrogen-bond donors (Lipinski definition) is 1. The fourth-order valence-corrected chi connectivity index (χ4v) is 4.29. The van der Waals surface area contributed by atoms with Crippen LogP contribution in [0.15, 0.2) is 35.8 Å². The van der Waals surface area contributed by atoms with Crippen LogP contribution in [-0.4, -0.2) is 49.0 Å². The summed E-state index contributed by atoms with van der Waals surface area (Å²) in [6.45, 7) is 6.57. The molecule has 1 saturated heterocycles. The number of nitrogens with one attached hydrogen (secondary N) is 1. The second kappa shape index (κ2) is 8.35. The third-order valence-corrected chi connectivity index (χ3v) is 5.91. The molecule has 30 heavy (non-hydrogen) atoms. The average Bonchev–Trinajstić information content (AvgIpc) is 3.48. The number of benzene rings is 1. The zero-order chi connectivity index (χ0) is 21.3. The minimum atomic E-state index is -0.545. The standard InChI is InChI=1S/C21H24N6O2S/c1-13(2)15-7-4-5-8-16(15)27-14(3)23-18(25-27)20(29)26-11-6-9-17(26)19(28)24-21-22-10-12-30-21/h4-5,7-8,10,12-13,17H,6,9,11H2,1-3H3,(H,22,24,28). The van der Waals surface area contributed by atoms with Crippen LogP contribution in [0.3, 0.4) is 0 Å². The number of rotatable bonds is 5. The van der Waals surface area contributed by atoms with Crippen molar-refractivity contribution in [3.05, 3.63) is 53.1 Å². The van der Waals surface area contributed by atoms with E-state index < -0.39 is 6.04 Å². The van der Waals surface area contributed by atoms with Gasteiger partial charge in [-0.1, -0.05) is 32.0 Å². The lowest BCUT2D eigenvalue weighted by Gasteiger charge is -2.22. The van der Waals surface area contributed by atoms with Crippen LogP contribution >= 0.6 is 11.3 Å². The normalized spacial score (nSPS) is 16.3. The lowest BCUT2D eigenvalue weighted by atomic mass is 10.0. The van der Waals surface area contributed by atoms with Gasteiger partial charge < -0.3 is 10.2 Å². The molecule has 1 N–H and O–H groups in total. The highest BCUT2D eigenvalue weighted by atomic mass is 32.1. The fraction of sp³-hybridized carbons (Fsp3) is 0.381. The maximum absolute atomic E-state index is 13.2. The van der Waals surface area contributed by atoms with Crippen molar-refractivity contribution >= 4 is 28.3 Å². The summed E-state index contributed by atoms with van der Waals surface area (Å²) < 4.78 is 1.71. The van der Waals surface area contributed by atoms with E-state index in [0.29, 0.717) is 29.8 Å². The van der Waals surface area contributed by atoms with E-state index in [9.17, 15) is 9.59 Å². The van der Waals surface area contributed by atoms with E-state index in [2.05, 4.69) is 40.3 Å². The van der Waals surface area contributed by atoms with Crippen LogP contribution in [-0.2, 0) is 4.79 Å². The minimum Gasteiger partial charge on any atom is -0.324 e. The second-order valence-corrected chi connectivity index (χ2v) is 8.49.